The highest BCUT2D eigenvalue weighted by Crippen LogP contribution is 2.34. The lowest BCUT2D eigenvalue weighted by Crippen LogP contribution is -2.20. The molecule has 0 amide bonds. The molecule has 1 aliphatic carbocycles. The third kappa shape index (κ3) is 4.93. The third-order valence-corrected chi connectivity index (χ3v) is 6.86. The summed E-state index contributed by atoms with van der Waals surface area (Å²) in [6.07, 6.45) is 6.11. The summed E-state index contributed by atoms with van der Waals surface area (Å²) in [4.78, 5) is 0.247. The second-order valence-corrected chi connectivity index (χ2v) is 10.7. The Balaban J connectivity index is 1.57. The SMILES string of the molecule is CC(C)(C)c1nn(C2CCCC2)cc1S(=O)(=O)Nc1ccc(Oc2ccccc2)cc1. The lowest BCUT2D eigenvalue weighted by atomic mass is 9.92. The second-order valence-electron chi connectivity index (χ2n) is 9.06. The molecule has 1 aromatic heterocycles. The van der Waals surface area contributed by atoms with E-state index in [1.54, 1.807) is 30.5 Å². The molecule has 1 heterocycles. The van der Waals surface area contributed by atoms with E-state index in [0.717, 1.165) is 31.4 Å². The van der Waals surface area contributed by atoms with Gasteiger partial charge in [-0.15, -0.1) is 0 Å². The maximum atomic E-state index is 13.3. The van der Waals surface area contributed by atoms with Crippen molar-refractivity contribution in [3.05, 3.63) is 66.5 Å². The number of nitrogens with one attached hydrogen (secondary N) is 1. The molecule has 4 rings (SSSR count). The van der Waals surface area contributed by atoms with E-state index in [4.69, 9.17) is 9.84 Å². The van der Waals surface area contributed by atoms with Crippen molar-refractivity contribution in [1.29, 1.82) is 0 Å². The van der Waals surface area contributed by atoms with Gasteiger partial charge in [-0.05, 0) is 49.2 Å². The Kier molecular flexibility index (Phi) is 5.79. The fourth-order valence-corrected chi connectivity index (χ4v) is 5.28. The van der Waals surface area contributed by atoms with E-state index in [2.05, 4.69) is 4.72 Å². The van der Waals surface area contributed by atoms with E-state index in [0.29, 0.717) is 17.1 Å². The molecule has 1 aliphatic rings. The number of hydrogen-bond donors (Lipinski definition) is 1. The second kappa shape index (κ2) is 8.38. The Morgan fingerprint density at radius 1 is 0.968 bits per heavy atom. The van der Waals surface area contributed by atoms with Gasteiger partial charge in [0.05, 0.1) is 11.7 Å². The number of benzene rings is 2. The first-order valence-corrected chi connectivity index (χ1v) is 12.2. The van der Waals surface area contributed by atoms with E-state index in [-0.39, 0.29) is 16.4 Å². The maximum Gasteiger partial charge on any atom is 0.265 e. The average Bonchev–Trinajstić information content (AvgIpc) is 3.40. The number of nitrogens with zero attached hydrogens (tertiary/aromatic N) is 2. The fraction of sp³-hybridized carbons (Fsp3) is 0.375. The molecular weight excluding hydrogens is 410 g/mol. The van der Waals surface area contributed by atoms with Crippen molar-refractivity contribution in [3.63, 3.8) is 0 Å². The van der Waals surface area contributed by atoms with Crippen LogP contribution >= 0.6 is 0 Å². The number of anilines is 1. The number of rotatable bonds is 6. The molecule has 3 aromatic rings. The van der Waals surface area contributed by atoms with E-state index < -0.39 is 10.0 Å². The van der Waals surface area contributed by atoms with Crippen LogP contribution in [-0.2, 0) is 15.4 Å². The predicted molar refractivity (Wildman–Crippen MR) is 122 cm³/mol. The Morgan fingerprint density at radius 3 is 2.19 bits per heavy atom. The lowest BCUT2D eigenvalue weighted by molar-refractivity contribution is 0.448. The van der Waals surface area contributed by atoms with Gasteiger partial charge in [0.25, 0.3) is 10.0 Å². The van der Waals surface area contributed by atoms with Crippen molar-refractivity contribution < 1.29 is 13.2 Å². The summed E-state index contributed by atoms with van der Waals surface area (Å²) >= 11 is 0. The minimum absolute atomic E-state index is 0.247. The van der Waals surface area contributed by atoms with Crippen LogP contribution < -0.4 is 9.46 Å². The minimum Gasteiger partial charge on any atom is -0.457 e. The monoisotopic (exact) mass is 439 g/mol. The number of aromatic nitrogens is 2. The van der Waals surface area contributed by atoms with Crippen molar-refractivity contribution in [2.45, 2.75) is 62.8 Å². The van der Waals surface area contributed by atoms with Gasteiger partial charge in [-0.25, -0.2) is 8.42 Å². The zero-order valence-corrected chi connectivity index (χ0v) is 19.0. The summed E-state index contributed by atoms with van der Waals surface area (Å²) in [5, 5.41) is 4.71. The molecule has 31 heavy (non-hydrogen) atoms. The van der Waals surface area contributed by atoms with Crippen molar-refractivity contribution in [2.24, 2.45) is 0 Å². The van der Waals surface area contributed by atoms with Crippen LogP contribution in [0.5, 0.6) is 11.5 Å². The topological polar surface area (TPSA) is 73.2 Å². The first-order chi connectivity index (χ1) is 14.7. The molecule has 1 saturated carbocycles. The van der Waals surface area contributed by atoms with Crippen LogP contribution in [0, 0.1) is 0 Å². The molecule has 1 N–H and O–H groups in total. The third-order valence-electron chi connectivity index (χ3n) is 5.48. The van der Waals surface area contributed by atoms with Gasteiger partial charge in [0.1, 0.15) is 16.4 Å². The molecular formula is C24H29N3O3S. The summed E-state index contributed by atoms with van der Waals surface area (Å²) in [5.41, 5.74) is 0.686. The van der Waals surface area contributed by atoms with Crippen LogP contribution in [-0.4, -0.2) is 18.2 Å². The highest BCUT2D eigenvalue weighted by Gasteiger charge is 2.32. The molecule has 0 aliphatic heterocycles. The quantitative estimate of drug-likeness (QED) is 0.520. The molecule has 1 fully saturated rings. The Morgan fingerprint density at radius 2 is 1.58 bits per heavy atom. The fourth-order valence-electron chi connectivity index (χ4n) is 3.87. The molecule has 0 saturated heterocycles. The number of ether oxygens (including phenoxy) is 1. The maximum absolute atomic E-state index is 13.3. The Hall–Kier alpha value is -2.80. The average molecular weight is 440 g/mol. The van der Waals surface area contributed by atoms with Crippen LogP contribution in [0.1, 0.15) is 58.2 Å². The van der Waals surface area contributed by atoms with Gasteiger partial charge in [-0.3, -0.25) is 9.40 Å². The molecule has 2 aromatic carbocycles. The molecule has 0 radical (unpaired) electrons. The van der Waals surface area contributed by atoms with E-state index in [1.807, 2.05) is 55.8 Å². The van der Waals surface area contributed by atoms with Gasteiger partial charge in [-0.2, -0.15) is 5.10 Å². The minimum atomic E-state index is -3.78. The first-order valence-electron chi connectivity index (χ1n) is 10.7. The van der Waals surface area contributed by atoms with Gasteiger partial charge in [0, 0.05) is 17.3 Å². The van der Waals surface area contributed by atoms with E-state index >= 15 is 0 Å². The van der Waals surface area contributed by atoms with Crippen molar-refractivity contribution in [3.8, 4) is 11.5 Å². The van der Waals surface area contributed by atoms with Gasteiger partial charge < -0.3 is 4.74 Å². The molecule has 0 spiro atoms. The molecule has 0 unspecified atom stereocenters. The number of hydrogen-bond acceptors (Lipinski definition) is 4. The van der Waals surface area contributed by atoms with Gasteiger partial charge in [0.15, 0.2) is 0 Å². The van der Waals surface area contributed by atoms with Gasteiger partial charge in [-0.1, -0.05) is 51.8 Å². The summed E-state index contributed by atoms with van der Waals surface area (Å²) < 4.78 is 36.9. The van der Waals surface area contributed by atoms with Crippen molar-refractivity contribution >= 4 is 15.7 Å². The van der Waals surface area contributed by atoms with Crippen LogP contribution in [0.15, 0.2) is 65.7 Å². The molecule has 7 heteroatoms. The highest BCUT2D eigenvalue weighted by atomic mass is 32.2. The Bertz CT molecular complexity index is 1130. The predicted octanol–water partition coefficient (Wildman–Crippen LogP) is 5.89. The zero-order valence-electron chi connectivity index (χ0n) is 18.2. The molecule has 0 bridgehead atoms. The molecule has 0 atom stereocenters. The highest BCUT2D eigenvalue weighted by molar-refractivity contribution is 7.92. The first kappa shape index (κ1) is 21.4. The normalized spacial score (nSPS) is 15.2. The van der Waals surface area contributed by atoms with E-state index in [9.17, 15) is 8.42 Å². The van der Waals surface area contributed by atoms with Crippen LogP contribution in [0.4, 0.5) is 5.69 Å². The van der Waals surface area contributed by atoms with E-state index in [1.165, 1.54) is 0 Å². The van der Waals surface area contributed by atoms with Crippen LogP contribution in [0.25, 0.3) is 0 Å². The lowest BCUT2D eigenvalue weighted by Gasteiger charge is -2.18. The van der Waals surface area contributed by atoms with Crippen molar-refractivity contribution in [2.75, 3.05) is 4.72 Å². The molecule has 164 valence electrons. The number of para-hydroxylation sites is 1. The number of sulfonamides is 1. The summed E-state index contributed by atoms with van der Waals surface area (Å²) in [6, 6.07) is 16.6. The smallest absolute Gasteiger partial charge is 0.265 e. The van der Waals surface area contributed by atoms with Gasteiger partial charge in [0.2, 0.25) is 0 Å². The van der Waals surface area contributed by atoms with Crippen LogP contribution in [0.2, 0.25) is 0 Å². The molecule has 6 nitrogen and oxygen atoms in total. The van der Waals surface area contributed by atoms with Gasteiger partial charge >= 0.3 is 0 Å². The largest absolute Gasteiger partial charge is 0.457 e. The Labute approximate surface area is 184 Å². The standard InChI is InChI=1S/C24H29N3O3S/c1-24(2,3)23-22(17-27(25-23)19-9-7-8-10-19)31(28,29)26-18-13-15-21(16-14-18)30-20-11-5-4-6-12-20/h4-6,11-17,19,26H,7-10H2,1-3H3. The summed E-state index contributed by atoms with van der Waals surface area (Å²) in [5.74, 6) is 1.36. The zero-order chi connectivity index (χ0) is 22.1. The van der Waals surface area contributed by atoms with Crippen LogP contribution in [0.3, 0.4) is 0 Å². The summed E-state index contributed by atoms with van der Waals surface area (Å²) in [6.45, 7) is 5.97. The van der Waals surface area contributed by atoms with Crippen molar-refractivity contribution in [1.82, 2.24) is 9.78 Å². The summed E-state index contributed by atoms with van der Waals surface area (Å²) in [7, 11) is -3.78.